The van der Waals surface area contributed by atoms with Crippen molar-refractivity contribution in [2.24, 2.45) is 4.99 Å². The Morgan fingerprint density at radius 1 is 0.871 bits per heavy atom. The van der Waals surface area contributed by atoms with Crippen molar-refractivity contribution in [2.45, 2.75) is 6.42 Å². The van der Waals surface area contributed by atoms with Crippen LogP contribution in [0.3, 0.4) is 0 Å². The zero-order chi connectivity index (χ0) is 21.8. The summed E-state index contributed by atoms with van der Waals surface area (Å²) in [4.78, 5) is 22.2. The van der Waals surface area contributed by atoms with Gasteiger partial charge in [0.1, 0.15) is 0 Å². The predicted molar refractivity (Wildman–Crippen MR) is 119 cm³/mol. The number of methoxy groups -OCH3 is 3. The van der Waals surface area contributed by atoms with Crippen molar-refractivity contribution in [3.63, 3.8) is 0 Å². The summed E-state index contributed by atoms with van der Waals surface area (Å²) in [6.45, 7) is 0. The first-order valence-electron chi connectivity index (χ1n) is 9.77. The van der Waals surface area contributed by atoms with Crippen LogP contribution in [0.25, 0.3) is 11.1 Å². The van der Waals surface area contributed by atoms with Gasteiger partial charge in [0.25, 0.3) is 0 Å². The number of allylic oxidation sites excluding steroid dienone is 1. The third-order valence-corrected chi connectivity index (χ3v) is 5.16. The molecule has 0 atom stereocenters. The second-order valence-electron chi connectivity index (χ2n) is 6.90. The van der Waals surface area contributed by atoms with Gasteiger partial charge in [0.2, 0.25) is 5.75 Å². The van der Waals surface area contributed by atoms with Crippen LogP contribution in [0.2, 0.25) is 0 Å². The molecular weight excluding hydrogens is 392 g/mol. The molecule has 2 heterocycles. The molecule has 0 saturated heterocycles. The number of carbonyl (C=O) groups excluding carboxylic acids is 1. The molecule has 1 aliphatic rings. The minimum Gasteiger partial charge on any atom is -0.493 e. The van der Waals surface area contributed by atoms with Crippen molar-refractivity contribution < 1.29 is 19.0 Å². The number of ether oxygens (including phenoxy) is 3. The molecule has 6 heteroatoms. The van der Waals surface area contributed by atoms with E-state index in [-0.39, 0.29) is 5.78 Å². The van der Waals surface area contributed by atoms with Gasteiger partial charge in [0, 0.05) is 36.1 Å². The number of hydrogen-bond acceptors (Lipinski definition) is 6. The van der Waals surface area contributed by atoms with Crippen LogP contribution in [0.5, 0.6) is 17.2 Å². The highest BCUT2D eigenvalue weighted by Gasteiger charge is 2.21. The second kappa shape index (κ2) is 8.83. The van der Waals surface area contributed by atoms with E-state index < -0.39 is 0 Å². The molecule has 0 saturated carbocycles. The Morgan fingerprint density at radius 3 is 2.16 bits per heavy atom. The first kappa shape index (κ1) is 20.3. The van der Waals surface area contributed by atoms with Crippen LogP contribution in [-0.4, -0.2) is 37.8 Å². The summed E-state index contributed by atoms with van der Waals surface area (Å²) in [6, 6.07) is 12.9. The minimum atomic E-state index is -0.153. The fraction of sp³-hybridized carbons (Fsp3) is 0.160. The van der Waals surface area contributed by atoms with E-state index in [9.17, 15) is 4.79 Å². The molecule has 0 fully saturated rings. The molecule has 1 aromatic heterocycles. The van der Waals surface area contributed by atoms with Crippen LogP contribution in [0.4, 0.5) is 0 Å². The normalized spacial score (nSPS) is 12.4. The SMILES string of the molecule is COc1cc(C(=O)c2cc(C3=NC=CC3)ccc2-c2ccncc2)cc(OC)c1OC. The van der Waals surface area contributed by atoms with Crippen molar-refractivity contribution in [3.8, 4) is 28.4 Å². The molecule has 0 unspecified atom stereocenters. The molecule has 3 aromatic rings. The van der Waals surface area contributed by atoms with Crippen LogP contribution in [0.15, 0.2) is 72.1 Å². The lowest BCUT2D eigenvalue weighted by atomic mass is 9.91. The van der Waals surface area contributed by atoms with Crippen LogP contribution >= 0.6 is 0 Å². The van der Waals surface area contributed by atoms with Gasteiger partial charge in [-0.05, 0) is 47.0 Å². The first-order valence-corrected chi connectivity index (χ1v) is 9.77. The number of aromatic nitrogens is 1. The van der Waals surface area contributed by atoms with Gasteiger partial charge < -0.3 is 14.2 Å². The largest absolute Gasteiger partial charge is 0.493 e. The van der Waals surface area contributed by atoms with E-state index >= 15 is 0 Å². The number of benzene rings is 2. The van der Waals surface area contributed by atoms with E-state index in [1.807, 2.05) is 36.4 Å². The molecule has 0 radical (unpaired) electrons. The van der Waals surface area contributed by atoms with Crippen LogP contribution in [0, 0.1) is 0 Å². The minimum absolute atomic E-state index is 0.153. The summed E-state index contributed by atoms with van der Waals surface area (Å²) in [5.41, 5.74) is 4.57. The molecule has 0 amide bonds. The van der Waals surface area contributed by atoms with E-state index in [4.69, 9.17) is 14.2 Å². The maximum absolute atomic E-state index is 13.7. The fourth-order valence-electron chi connectivity index (χ4n) is 3.61. The Labute approximate surface area is 180 Å². The Morgan fingerprint density at radius 2 is 1.58 bits per heavy atom. The Bertz CT molecular complexity index is 1160. The van der Waals surface area contributed by atoms with Crippen molar-refractivity contribution in [2.75, 3.05) is 21.3 Å². The highest BCUT2D eigenvalue weighted by Crippen LogP contribution is 2.39. The molecule has 0 spiro atoms. The summed E-state index contributed by atoms with van der Waals surface area (Å²) in [5, 5.41) is 0. The zero-order valence-electron chi connectivity index (χ0n) is 17.6. The third-order valence-electron chi connectivity index (χ3n) is 5.16. The number of rotatable bonds is 7. The second-order valence-corrected chi connectivity index (χ2v) is 6.90. The summed E-state index contributed by atoms with van der Waals surface area (Å²) in [5.74, 6) is 1.14. The maximum Gasteiger partial charge on any atom is 0.203 e. The van der Waals surface area contributed by atoms with E-state index in [0.717, 1.165) is 28.8 Å². The van der Waals surface area contributed by atoms with E-state index in [1.165, 1.54) is 21.3 Å². The summed E-state index contributed by atoms with van der Waals surface area (Å²) in [7, 11) is 4.59. The fourth-order valence-corrected chi connectivity index (χ4v) is 3.61. The van der Waals surface area contributed by atoms with Gasteiger partial charge in [-0.2, -0.15) is 0 Å². The molecule has 6 nitrogen and oxygen atoms in total. The number of carbonyl (C=O) groups is 1. The highest BCUT2D eigenvalue weighted by atomic mass is 16.5. The van der Waals surface area contributed by atoms with Gasteiger partial charge in [0.15, 0.2) is 17.3 Å². The number of aliphatic imine (C=N–C) groups is 1. The van der Waals surface area contributed by atoms with Gasteiger partial charge in [0.05, 0.1) is 27.0 Å². The molecule has 2 aromatic carbocycles. The number of nitrogens with zero attached hydrogens (tertiary/aromatic N) is 2. The van der Waals surface area contributed by atoms with E-state index in [0.29, 0.717) is 28.4 Å². The van der Waals surface area contributed by atoms with Crippen molar-refractivity contribution >= 4 is 11.5 Å². The third kappa shape index (κ3) is 3.92. The molecular formula is C25H22N2O4. The quantitative estimate of drug-likeness (QED) is 0.524. The monoisotopic (exact) mass is 414 g/mol. The van der Waals surface area contributed by atoms with Crippen LogP contribution < -0.4 is 14.2 Å². The van der Waals surface area contributed by atoms with Gasteiger partial charge in [-0.1, -0.05) is 18.2 Å². The highest BCUT2D eigenvalue weighted by molar-refractivity contribution is 6.15. The molecule has 0 N–H and O–H groups in total. The van der Waals surface area contributed by atoms with Crippen molar-refractivity contribution in [1.82, 2.24) is 4.98 Å². The lowest BCUT2D eigenvalue weighted by Gasteiger charge is -2.15. The zero-order valence-corrected chi connectivity index (χ0v) is 17.6. The van der Waals surface area contributed by atoms with Gasteiger partial charge in [-0.15, -0.1) is 0 Å². The standard InChI is InChI=1S/C25H22N2O4/c1-29-22-14-18(15-23(30-2)25(22)31-3)24(28)20-13-17(21-5-4-10-27-21)6-7-19(20)16-8-11-26-12-9-16/h4,6-15H,5H2,1-3H3. The lowest BCUT2D eigenvalue weighted by molar-refractivity contribution is 0.103. The van der Waals surface area contributed by atoms with Gasteiger partial charge in [-0.25, -0.2) is 0 Å². The smallest absolute Gasteiger partial charge is 0.203 e. The summed E-state index contributed by atoms with van der Waals surface area (Å²) in [6.07, 6.45) is 7.94. The Hall–Kier alpha value is -3.93. The number of ketones is 1. The Kier molecular flexibility index (Phi) is 5.80. The first-order chi connectivity index (χ1) is 15.2. The number of hydrogen-bond donors (Lipinski definition) is 0. The summed E-state index contributed by atoms with van der Waals surface area (Å²) < 4.78 is 16.3. The molecule has 156 valence electrons. The van der Waals surface area contributed by atoms with Gasteiger partial charge >= 0.3 is 0 Å². The average Bonchev–Trinajstić information content (AvgIpc) is 3.38. The molecule has 0 aliphatic carbocycles. The maximum atomic E-state index is 13.7. The molecule has 31 heavy (non-hydrogen) atoms. The van der Waals surface area contributed by atoms with Crippen LogP contribution in [-0.2, 0) is 0 Å². The number of pyridine rings is 1. The van der Waals surface area contributed by atoms with Crippen molar-refractivity contribution in [3.05, 3.63) is 83.8 Å². The Balaban J connectivity index is 1.87. The summed E-state index contributed by atoms with van der Waals surface area (Å²) >= 11 is 0. The molecule has 0 bridgehead atoms. The van der Waals surface area contributed by atoms with E-state index in [1.54, 1.807) is 30.7 Å². The lowest BCUT2D eigenvalue weighted by Crippen LogP contribution is -2.08. The molecule has 4 rings (SSSR count). The van der Waals surface area contributed by atoms with Crippen molar-refractivity contribution in [1.29, 1.82) is 0 Å². The average molecular weight is 414 g/mol. The molecule has 1 aliphatic heterocycles. The van der Waals surface area contributed by atoms with Crippen LogP contribution in [0.1, 0.15) is 27.9 Å². The van der Waals surface area contributed by atoms with E-state index in [2.05, 4.69) is 9.98 Å². The topological polar surface area (TPSA) is 70.0 Å². The predicted octanol–water partition coefficient (Wildman–Crippen LogP) is 4.71. The van der Waals surface area contributed by atoms with Gasteiger partial charge in [-0.3, -0.25) is 14.8 Å².